The van der Waals surface area contributed by atoms with Gasteiger partial charge in [-0.15, -0.1) is 12.4 Å². The van der Waals surface area contributed by atoms with Crippen LogP contribution in [0.2, 0.25) is 0 Å². The molecule has 8 heteroatoms. The maximum Gasteiger partial charge on any atom is 0.313 e. The van der Waals surface area contributed by atoms with Crippen LogP contribution in [0.1, 0.15) is 25.5 Å². The van der Waals surface area contributed by atoms with Gasteiger partial charge in [0.15, 0.2) is 5.75 Å². The summed E-state index contributed by atoms with van der Waals surface area (Å²) in [5.74, 6) is -0.965. The van der Waals surface area contributed by atoms with Gasteiger partial charge >= 0.3 is 11.7 Å². The van der Waals surface area contributed by atoms with Crippen LogP contribution >= 0.6 is 12.4 Å². The number of nitro groups is 1. The van der Waals surface area contributed by atoms with Crippen molar-refractivity contribution in [2.75, 3.05) is 7.11 Å². The van der Waals surface area contributed by atoms with Crippen molar-refractivity contribution in [3.8, 4) is 5.75 Å². The highest BCUT2D eigenvalue weighted by Crippen LogP contribution is 2.36. The molecule has 0 aromatic heterocycles. The van der Waals surface area contributed by atoms with Gasteiger partial charge in [0.25, 0.3) is 0 Å². The van der Waals surface area contributed by atoms with Crippen LogP contribution in [0.4, 0.5) is 5.69 Å². The first kappa shape index (κ1) is 18.1. The molecule has 0 amide bonds. The third-order valence-electron chi connectivity index (χ3n) is 3.04. The van der Waals surface area contributed by atoms with Gasteiger partial charge in [-0.2, -0.15) is 0 Å². The number of carbonyl (C=O) groups is 1. The third kappa shape index (κ3) is 3.37. The standard InChI is InChI=1S/C12H16N2O5.ClH/c1-12(2,11(16)19-3)10(13)7-4-5-9(15)8(6-7)14(17)18;/h4-6,10,15H,13H2,1-3H3;1H/t10-;/m1./s1. The zero-order valence-corrected chi connectivity index (χ0v) is 12.1. The fourth-order valence-corrected chi connectivity index (χ4v) is 1.69. The number of carbonyl (C=O) groups excluding carboxylic acids is 1. The van der Waals surface area contributed by atoms with Crippen molar-refractivity contribution in [1.82, 2.24) is 0 Å². The Morgan fingerprint density at radius 1 is 1.50 bits per heavy atom. The minimum atomic E-state index is -1.04. The van der Waals surface area contributed by atoms with Gasteiger partial charge in [0.2, 0.25) is 0 Å². The largest absolute Gasteiger partial charge is 0.502 e. The van der Waals surface area contributed by atoms with Crippen LogP contribution in [0.5, 0.6) is 5.75 Å². The van der Waals surface area contributed by atoms with Gasteiger partial charge in [-0.25, -0.2) is 0 Å². The Bertz CT molecular complexity index is 519. The molecule has 1 atom stereocenters. The Hall–Kier alpha value is -1.86. The summed E-state index contributed by atoms with van der Waals surface area (Å²) in [4.78, 5) is 21.7. The number of hydrogen-bond donors (Lipinski definition) is 2. The Morgan fingerprint density at radius 3 is 2.50 bits per heavy atom. The highest BCUT2D eigenvalue weighted by atomic mass is 35.5. The van der Waals surface area contributed by atoms with E-state index >= 15 is 0 Å². The molecule has 0 saturated carbocycles. The molecule has 0 heterocycles. The Balaban J connectivity index is 0.00000361. The number of phenolic OH excluding ortho intramolecular Hbond substituents is 1. The molecule has 1 aromatic rings. The molecule has 0 fully saturated rings. The molecular formula is C12H17ClN2O5. The molecule has 0 saturated heterocycles. The molecule has 1 aromatic carbocycles. The van der Waals surface area contributed by atoms with Crippen molar-refractivity contribution in [2.45, 2.75) is 19.9 Å². The molecule has 112 valence electrons. The quantitative estimate of drug-likeness (QED) is 0.499. The maximum absolute atomic E-state index is 11.6. The third-order valence-corrected chi connectivity index (χ3v) is 3.04. The minimum absolute atomic E-state index is 0. The van der Waals surface area contributed by atoms with Crippen LogP contribution in [0.15, 0.2) is 18.2 Å². The number of rotatable bonds is 4. The van der Waals surface area contributed by atoms with Gasteiger partial charge in [-0.3, -0.25) is 14.9 Å². The van der Waals surface area contributed by atoms with Gasteiger partial charge in [0, 0.05) is 12.1 Å². The number of benzene rings is 1. The Labute approximate surface area is 122 Å². The summed E-state index contributed by atoms with van der Waals surface area (Å²) >= 11 is 0. The fraction of sp³-hybridized carbons (Fsp3) is 0.417. The van der Waals surface area contributed by atoms with Gasteiger partial charge in [0.05, 0.1) is 17.4 Å². The average Bonchev–Trinajstić information content (AvgIpc) is 2.36. The number of hydrogen-bond acceptors (Lipinski definition) is 6. The highest BCUT2D eigenvalue weighted by Gasteiger charge is 2.37. The maximum atomic E-state index is 11.6. The van der Waals surface area contributed by atoms with E-state index in [9.17, 15) is 20.0 Å². The summed E-state index contributed by atoms with van der Waals surface area (Å²) in [5.41, 5.74) is 4.85. The monoisotopic (exact) mass is 304 g/mol. The van der Waals surface area contributed by atoms with Gasteiger partial charge in [-0.1, -0.05) is 6.07 Å². The van der Waals surface area contributed by atoms with Gasteiger partial charge in [-0.05, 0) is 25.5 Å². The fourth-order valence-electron chi connectivity index (χ4n) is 1.69. The van der Waals surface area contributed by atoms with Crippen LogP contribution in [0.3, 0.4) is 0 Å². The summed E-state index contributed by atoms with van der Waals surface area (Å²) in [6, 6.07) is 2.99. The zero-order chi connectivity index (χ0) is 14.8. The molecule has 7 nitrogen and oxygen atoms in total. The predicted molar refractivity (Wildman–Crippen MR) is 74.7 cm³/mol. The molecule has 0 bridgehead atoms. The SMILES string of the molecule is COC(=O)C(C)(C)[C@H](N)c1ccc(O)c([N+](=O)[O-])c1.Cl. The van der Waals surface area contributed by atoms with E-state index in [1.807, 2.05) is 0 Å². The average molecular weight is 305 g/mol. The van der Waals surface area contributed by atoms with Crippen LogP contribution in [-0.4, -0.2) is 23.1 Å². The number of ether oxygens (including phenoxy) is 1. The number of nitrogens with two attached hydrogens (primary N) is 1. The summed E-state index contributed by atoms with van der Waals surface area (Å²) in [7, 11) is 1.25. The summed E-state index contributed by atoms with van der Waals surface area (Å²) in [5, 5.41) is 20.1. The van der Waals surface area contributed by atoms with Crippen molar-refractivity contribution in [3.63, 3.8) is 0 Å². The molecule has 0 aliphatic carbocycles. The predicted octanol–water partition coefficient (Wildman–Crippen LogP) is 1.92. The lowest BCUT2D eigenvalue weighted by molar-refractivity contribution is -0.385. The number of phenols is 1. The molecule has 0 aliphatic heterocycles. The van der Waals surface area contributed by atoms with Crippen LogP contribution in [0, 0.1) is 15.5 Å². The van der Waals surface area contributed by atoms with E-state index < -0.39 is 33.8 Å². The minimum Gasteiger partial charge on any atom is -0.502 e. The topological polar surface area (TPSA) is 116 Å². The number of nitro benzene ring substituents is 1. The normalized spacial score (nSPS) is 12.2. The van der Waals surface area contributed by atoms with E-state index in [4.69, 9.17) is 5.73 Å². The van der Waals surface area contributed by atoms with Gasteiger partial charge < -0.3 is 15.6 Å². The smallest absolute Gasteiger partial charge is 0.313 e. The first-order chi connectivity index (χ1) is 8.71. The number of halogens is 1. The molecule has 0 unspecified atom stereocenters. The van der Waals surface area contributed by atoms with E-state index in [1.165, 1.54) is 19.2 Å². The van der Waals surface area contributed by atoms with Crippen molar-refractivity contribution < 1.29 is 19.6 Å². The van der Waals surface area contributed by atoms with E-state index in [1.54, 1.807) is 13.8 Å². The first-order valence-electron chi connectivity index (χ1n) is 5.53. The molecular weight excluding hydrogens is 288 g/mol. The van der Waals surface area contributed by atoms with E-state index in [0.29, 0.717) is 5.56 Å². The Kier molecular flexibility index (Phi) is 5.93. The molecule has 0 radical (unpaired) electrons. The first-order valence-corrected chi connectivity index (χ1v) is 5.53. The van der Waals surface area contributed by atoms with Crippen LogP contribution in [-0.2, 0) is 9.53 Å². The molecule has 1 rings (SSSR count). The van der Waals surface area contributed by atoms with Crippen molar-refractivity contribution in [3.05, 3.63) is 33.9 Å². The van der Waals surface area contributed by atoms with Gasteiger partial charge in [0.1, 0.15) is 0 Å². The number of methoxy groups -OCH3 is 1. The summed E-state index contributed by atoms with van der Waals surface area (Å²) < 4.78 is 4.66. The second-order valence-electron chi connectivity index (χ2n) is 4.70. The van der Waals surface area contributed by atoms with Crippen molar-refractivity contribution in [2.24, 2.45) is 11.1 Å². The van der Waals surface area contributed by atoms with Crippen molar-refractivity contribution in [1.29, 1.82) is 0 Å². The second kappa shape index (κ2) is 6.53. The zero-order valence-electron chi connectivity index (χ0n) is 11.3. The number of aromatic hydroxyl groups is 1. The lowest BCUT2D eigenvalue weighted by Gasteiger charge is -2.28. The van der Waals surface area contributed by atoms with Crippen molar-refractivity contribution >= 4 is 24.1 Å². The number of nitrogens with zero attached hydrogens (tertiary/aromatic N) is 1. The second-order valence-corrected chi connectivity index (χ2v) is 4.70. The Morgan fingerprint density at radius 2 is 2.05 bits per heavy atom. The summed E-state index contributed by atoms with van der Waals surface area (Å²) in [6.45, 7) is 3.17. The lowest BCUT2D eigenvalue weighted by atomic mass is 9.81. The highest BCUT2D eigenvalue weighted by molar-refractivity contribution is 5.85. The van der Waals surface area contributed by atoms with Crippen LogP contribution < -0.4 is 5.73 Å². The van der Waals surface area contributed by atoms with E-state index in [-0.39, 0.29) is 12.4 Å². The number of esters is 1. The molecule has 0 spiro atoms. The molecule has 3 N–H and O–H groups in total. The molecule has 20 heavy (non-hydrogen) atoms. The van der Waals surface area contributed by atoms with Crippen LogP contribution in [0.25, 0.3) is 0 Å². The van der Waals surface area contributed by atoms with E-state index in [0.717, 1.165) is 6.07 Å². The summed E-state index contributed by atoms with van der Waals surface area (Å²) in [6.07, 6.45) is 0. The van der Waals surface area contributed by atoms with E-state index in [2.05, 4.69) is 4.74 Å². The lowest BCUT2D eigenvalue weighted by Crippen LogP contribution is -2.37. The molecule has 0 aliphatic rings.